The number of allylic oxidation sites excluding steroid dienone is 2. The molecule has 0 saturated heterocycles. The lowest BCUT2D eigenvalue weighted by molar-refractivity contribution is 0.910. The first-order valence-corrected chi connectivity index (χ1v) is 6.81. The Bertz CT molecular complexity index is 257. The molecule has 0 spiro atoms. The Hall–Kier alpha value is -1.30. The molecule has 0 unspecified atom stereocenters. The fourth-order valence-electron chi connectivity index (χ4n) is 0.961. The zero-order chi connectivity index (χ0) is 14.8. The third-order valence-corrected chi connectivity index (χ3v) is 1.62. The van der Waals surface area contributed by atoms with Crippen molar-refractivity contribution in [3.63, 3.8) is 0 Å². The maximum absolute atomic E-state index is 3.74. The molecule has 104 valence electrons. The monoisotopic (exact) mass is 248 g/mol. The second-order valence-corrected chi connectivity index (χ2v) is 3.77. The molecule has 0 bridgehead atoms. The van der Waals surface area contributed by atoms with E-state index in [0.717, 1.165) is 0 Å². The summed E-state index contributed by atoms with van der Waals surface area (Å²) in [7, 11) is 0. The Balaban J connectivity index is -0.000000187. The van der Waals surface area contributed by atoms with Gasteiger partial charge in [0.25, 0.3) is 0 Å². The average Bonchev–Trinajstić information content (AvgIpc) is 2.34. The summed E-state index contributed by atoms with van der Waals surface area (Å²) in [5.74, 6) is 0. The molecule has 0 N–H and O–H groups in total. The van der Waals surface area contributed by atoms with E-state index in [4.69, 9.17) is 0 Å². The van der Waals surface area contributed by atoms with Crippen molar-refractivity contribution in [1.29, 1.82) is 0 Å². The average molecular weight is 248 g/mol. The minimum Gasteiger partial charge on any atom is -0.103 e. The molecule has 0 heteroatoms. The van der Waals surface area contributed by atoms with Gasteiger partial charge in [-0.1, -0.05) is 74.7 Å². The lowest BCUT2D eigenvalue weighted by atomic mass is 10.2. The van der Waals surface area contributed by atoms with Gasteiger partial charge in [-0.15, -0.1) is 13.2 Å². The van der Waals surface area contributed by atoms with Gasteiger partial charge in [0.2, 0.25) is 0 Å². The highest BCUT2D eigenvalue weighted by molar-refractivity contribution is 5.11. The Morgan fingerprint density at radius 2 is 1.56 bits per heavy atom. The van der Waals surface area contributed by atoms with Crippen LogP contribution in [0.3, 0.4) is 0 Å². The molecule has 1 aromatic carbocycles. The summed E-state index contributed by atoms with van der Waals surface area (Å²) in [4.78, 5) is 0. The van der Waals surface area contributed by atoms with Gasteiger partial charge in [-0.2, -0.15) is 0 Å². The second-order valence-electron chi connectivity index (χ2n) is 3.77. The number of hydrogen-bond acceptors (Lipinski definition) is 0. The molecule has 18 heavy (non-hydrogen) atoms. The molecule has 0 aromatic heterocycles. The molecular formula is C18H32. The second kappa shape index (κ2) is 21.0. The molecule has 0 aliphatic heterocycles. The quantitative estimate of drug-likeness (QED) is 0.519. The van der Waals surface area contributed by atoms with Crippen LogP contribution in [0.4, 0.5) is 0 Å². The first kappa shape index (κ1) is 21.9. The summed E-state index contributed by atoms with van der Waals surface area (Å²) in [5.41, 5.74) is 2.61. The molecule has 0 aliphatic carbocycles. The first-order chi connectivity index (χ1) is 8.58. The van der Waals surface area contributed by atoms with E-state index in [0.29, 0.717) is 0 Å². The van der Waals surface area contributed by atoms with Crippen LogP contribution >= 0.6 is 0 Å². The van der Waals surface area contributed by atoms with Crippen molar-refractivity contribution in [3.05, 3.63) is 60.7 Å². The lowest BCUT2D eigenvalue weighted by Gasteiger charge is -1.87. The van der Waals surface area contributed by atoms with E-state index in [1.54, 1.807) is 6.08 Å². The molecule has 0 nitrogen and oxygen atoms in total. The van der Waals surface area contributed by atoms with Crippen molar-refractivity contribution in [2.45, 2.75) is 54.4 Å². The van der Waals surface area contributed by atoms with Crippen molar-refractivity contribution in [2.24, 2.45) is 0 Å². The Morgan fingerprint density at radius 3 is 1.67 bits per heavy atom. The fourth-order valence-corrected chi connectivity index (χ4v) is 0.961. The molecule has 0 aliphatic rings. The van der Waals surface area contributed by atoms with Gasteiger partial charge in [-0.05, 0) is 27.2 Å². The van der Waals surface area contributed by atoms with Crippen LogP contribution in [0, 0.1) is 6.92 Å². The Labute approximate surface area is 115 Å². The largest absolute Gasteiger partial charge is 0.103 e. The third-order valence-electron chi connectivity index (χ3n) is 1.62. The highest BCUT2D eigenvalue weighted by Gasteiger charge is 1.76. The molecule has 0 saturated carbocycles. The summed E-state index contributed by atoms with van der Waals surface area (Å²) >= 11 is 0. The highest BCUT2D eigenvalue weighted by atomic mass is 13.8. The fraction of sp³-hybridized carbons (Fsp3) is 0.444. The van der Waals surface area contributed by atoms with Gasteiger partial charge in [0, 0.05) is 0 Å². The van der Waals surface area contributed by atoms with Crippen molar-refractivity contribution in [2.75, 3.05) is 0 Å². The van der Waals surface area contributed by atoms with Gasteiger partial charge in [0.1, 0.15) is 0 Å². The summed E-state index contributed by atoms with van der Waals surface area (Å²) < 4.78 is 0. The molecular weight excluding hydrogens is 216 g/mol. The van der Waals surface area contributed by atoms with E-state index < -0.39 is 0 Å². The Kier molecular flexibility index (Phi) is 25.6. The standard InChI is InChI=1S/C7H8.C6H12.C3H6.C2H6/c1-7-5-3-2-4-6-7;1-4-5-6(2)3;1-3-2;1-2/h2-6H,1H3;2,4-5H2,1,3H3;3H,1H2,2H3;1-2H3. The third kappa shape index (κ3) is 29.3. The summed E-state index contributed by atoms with van der Waals surface area (Å²) in [6.07, 6.45) is 4.16. The van der Waals surface area contributed by atoms with Gasteiger partial charge in [-0.25, -0.2) is 0 Å². The maximum Gasteiger partial charge on any atom is -0.0328 e. The highest BCUT2D eigenvalue weighted by Crippen LogP contribution is 1.96. The maximum atomic E-state index is 3.74. The molecule has 1 rings (SSSR count). The molecule has 0 amide bonds. The van der Waals surface area contributed by atoms with Gasteiger partial charge in [-0.3, -0.25) is 0 Å². The zero-order valence-electron chi connectivity index (χ0n) is 13.3. The predicted molar refractivity (Wildman–Crippen MR) is 88.1 cm³/mol. The molecule has 0 radical (unpaired) electrons. The summed E-state index contributed by atoms with van der Waals surface area (Å²) in [5, 5.41) is 0. The van der Waals surface area contributed by atoms with Crippen molar-refractivity contribution >= 4 is 0 Å². The van der Waals surface area contributed by atoms with E-state index in [-0.39, 0.29) is 0 Å². The normalized spacial score (nSPS) is 7.22. The van der Waals surface area contributed by atoms with Crippen LogP contribution in [-0.2, 0) is 0 Å². The van der Waals surface area contributed by atoms with Crippen LogP contribution in [0.5, 0.6) is 0 Å². The van der Waals surface area contributed by atoms with Gasteiger partial charge < -0.3 is 0 Å². The van der Waals surface area contributed by atoms with Crippen LogP contribution in [0.2, 0.25) is 0 Å². The van der Waals surface area contributed by atoms with Gasteiger partial charge in [0.15, 0.2) is 0 Å². The zero-order valence-corrected chi connectivity index (χ0v) is 13.3. The summed E-state index contributed by atoms with van der Waals surface area (Å²) in [6.45, 7) is 19.3. The predicted octanol–water partition coefficient (Wildman–Crippen LogP) is 6.58. The van der Waals surface area contributed by atoms with Crippen LogP contribution < -0.4 is 0 Å². The number of aryl methyl sites for hydroxylation is 1. The van der Waals surface area contributed by atoms with E-state index in [2.05, 4.69) is 46.1 Å². The first-order valence-electron chi connectivity index (χ1n) is 6.81. The van der Waals surface area contributed by atoms with E-state index in [1.165, 1.54) is 24.0 Å². The number of hydrogen-bond donors (Lipinski definition) is 0. The summed E-state index contributed by atoms with van der Waals surface area (Å²) in [6, 6.07) is 10.3. The van der Waals surface area contributed by atoms with Crippen molar-refractivity contribution in [1.82, 2.24) is 0 Å². The van der Waals surface area contributed by atoms with Crippen molar-refractivity contribution < 1.29 is 0 Å². The van der Waals surface area contributed by atoms with Gasteiger partial charge >= 0.3 is 0 Å². The minimum atomic E-state index is 1.18. The van der Waals surface area contributed by atoms with Crippen molar-refractivity contribution in [3.8, 4) is 0 Å². The topological polar surface area (TPSA) is 0 Å². The van der Waals surface area contributed by atoms with E-state index in [1.807, 2.05) is 39.0 Å². The molecule has 0 heterocycles. The van der Waals surface area contributed by atoms with E-state index in [9.17, 15) is 0 Å². The van der Waals surface area contributed by atoms with Gasteiger partial charge in [0.05, 0.1) is 0 Å². The molecule has 0 atom stereocenters. The number of benzene rings is 1. The number of rotatable bonds is 2. The SMILES string of the molecule is C=C(C)CCC.C=CC.CC.Cc1ccccc1. The van der Waals surface area contributed by atoms with E-state index >= 15 is 0 Å². The smallest absolute Gasteiger partial charge is 0.0328 e. The Morgan fingerprint density at radius 1 is 1.17 bits per heavy atom. The molecule has 0 fully saturated rings. The molecule has 1 aromatic rings. The lowest BCUT2D eigenvalue weighted by Crippen LogP contribution is -1.66. The van der Waals surface area contributed by atoms with Crippen LogP contribution in [0.1, 0.15) is 53.0 Å². The van der Waals surface area contributed by atoms with Crippen LogP contribution in [0.25, 0.3) is 0 Å². The van der Waals surface area contributed by atoms with Crippen LogP contribution in [-0.4, -0.2) is 0 Å². The minimum absolute atomic E-state index is 1.18. The van der Waals surface area contributed by atoms with Crippen LogP contribution in [0.15, 0.2) is 55.1 Å².